The van der Waals surface area contributed by atoms with Crippen LogP contribution in [-0.4, -0.2) is 28.0 Å². The first-order valence-corrected chi connectivity index (χ1v) is 6.75. The highest BCUT2D eigenvalue weighted by Gasteiger charge is 2.16. The molecule has 1 atom stereocenters. The van der Waals surface area contributed by atoms with E-state index in [0.29, 0.717) is 24.2 Å². The number of nitrogens with zero attached hydrogens (tertiary/aromatic N) is 2. The molecule has 0 radical (unpaired) electrons. The molecule has 0 aliphatic heterocycles. The molecular weight excluding hydrogens is 258 g/mol. The van der Waals surface area contributed by atoms with Gasteiger partial charge in [0.2, 0.25) is 5.89 Å². The predicted molar refractivity (Wildman–Crippen MR) is 74.0 cm³/mol. The topological polar surface area (TPSA) is 84.3 Å². The van der Waals surface area contributed by atoms with Crippen molar-refractivity contribution in [3.05, 3.63) is 23.5 Å². The Bertz CT molecular complexity index is 560. The molecule has 0 unspecified atom stereocenters. The Morgan fingerprint density at radius 3 is 2.55 bits per heavy atom. The van der Waals surface area contributed by atoms with Crippen molar-refractivity contribution < 1.29 is 13.9 Å². The zero-order valence-corrected chi connectivity index (χ0v) is 12.3. The number of hydrogen-bond donors (Lipinski definition) is 2. The van der Waals surface area contributed by atoms with Gasteiger partial charge in [-0.15, -0.1) is 10.2 Å². The number of rotatable bonds is 6. The SMILES string of the molecule is Cc1cc(-c2nnc(CN[C@H](CO)C(C)C)o2)c(C)o1. The lowest BCUT2D eigenvalue weighted by Crippen LogP contribution is -2.36. The van der Waals surface area contributed by atoms with Crippen LogP contribution in [0.1, 0.15) is 31.3 Å². The van der Waals surface area contributed by atoms with Crippen molar-refractivity contribution in [1.29, 1.82) is 0 Å². The van der Waals surface area contributed by atoms with E-state index in [1.165, 1.54) is 0 Å². The van der Waals surface area contributed by atoms with Gasteiger partial charge in [0.1, 0.15) is 11.5 Å². The second-order valence-electron chi connectivity index (χ2n) is 5.24. The minimum Gasteiger partial charge on any atom is -0.466 e. The fourth-order valence-electron chi connectivity index (χ4n) is 2.01. The number of furan rings is 1. The Hall–Kier alpha value is -1.66. The lowest BCUT2D eigenvalue weighted by atomic mass is 10.1. The second-order valence-corrected chi connectivity index (χ2v) is 5.24. The van der Waals surface area contributed by atoms with E-state index in [4.69, 9.17) is 8.83 Å². The fraction of sp³-hybridized carbons (Fsp3) is 0.571. The molecule has 0 fully saturated rings. The molecule has 2 N–H and O–H groups in total. The molecule has 110 valence electrons. The maximum atomic E-state index is 9.26. The first kappa shape index (κ1) is 14.7. The minimum atomic E-state index is 0.0169. The molecule has 2 aromatic heterocycles. The largest absolute Gasteiger partial charge is 0.466 e. The molecule has 20 heavy (non-hydrogen) atoms. The van der Waals surface area contributed by atoms with E-state index in [9.17, 15) is 5.11 Å². The molecule has 0 aliphatic rings. The molecule has 6 heteroatoms. The van der Waals surface area contributed by atoms with Gasteiger partial charge in [-0.2, -0.15) is 0 Å². The van der Waals surface area contributed by atoms with Crippen LogP contribution in [-0.2, 0) is 6.54 Å². The van der Waals surface area contributed by atoms with Crippen molar-refractivity contribution in [2.75, 3.05) is 6.61 Å². The number of nitrogens with one attached hydrogen (secondary N) is 1. The number of hydrogen-bond acceptors (Lipinski definition) is 6. The van der Waals surface area contributed by atoms with Gasteiger partial charge in [-0.3, -0.25) is 0 Å². The number of aliphatic hydroxyl groups excluding tert-OH is 1. The molecule has 0 amide bonds. The first-order chi connectivity index (χ1) is 9.51. The van der Waals surface area contributed by atoms with Crippen LogP contribution < -0.4 is 5.32 Å². The molecule has 0 aliphatic carbocycles. The van der Waals surface area contributed by atoms with Gasteiger partial charge in [-0.1, -0.05) is 13.8 Å². The van der Waals surface area contributed by atoms with E-state index >= 15 is 0 Å². The average molecular weight is 279 g/mol. The standard InChI is InChI=1S/C14H21N3O3/c1-8(2)12(7-18)15-6-13-16-17-14(20-13)11-5-9(3)19-10(11)4/h5,8,12,15,18H,6-7H2,1-4H3/t12-/m1/s1. The molecule has 0 spiro atoms. The summed E-state index contributed by atoms with van der Waals surface area (Å²) < 4.78 is 11.1. The third kappa shape index (κ3) is 3.26. The highest BCUT2D eigenvalue weighted by atomic mass is 16.4. The molecule has 2 rings (SSSR count). The summed E-state index contributed by atoms with van der Waals surface area (Å²) in [7, 11) is 0. The van der Waals surface area contributed by atoms with Gasteiger partial charge in [-0.05, 0) is 25.8 Å². The minimum absolute atomic E-state index is 0.0169. The van der Waals surface area contributed by atoms with Crippen molar-refractivity contribution in [3.8, 4) is 11.5 Å². The quantitative estimate of drug-likeness (QED) is 0.842. The molecule has 0 saturated heterocycles. The van der Waals surface area contributed by atoms with Crippen molar-refractivity contribution in [2.45, 2.75) is 40.3 Å². The van der Waals surface area contributed by atoms with Crippen LogP contribution in [0.3, 0.4) is 0 Å². The normalized spacial score (nSPS) is 13.1. The van der Waals surface area contributed by atoms with Crippen molar-refractivity contribution in [3.63, 3.8) is 0 Å². The maximum absolute atomic E-state index is 9.26. The molecule has 2 aromatic rings. The summed E-state index contributed by atoms with van der Waals surface area (Å²) in [6.07, 6.45) is 0. The lowest BCUT2D eigenvalue weighted by molar-refractivity contribution is 0.207. The van der Waals surface area contributed by atoms with Gasteiger partial charge >= 0.3 is 0 Å². The monoisotopic (exact) mass is 279 g/mol. The zero-order valence-electron chi connectivity index (χ0n) is 12.3. The van der Waals surface area contributed by atoms with E-state index in [0.717, 1.165) is 17.1 Å². The Morgan fingerprint density at radius 1 is 1.25 bits per heavy atom. The second kappa shape index (κ2) is 6.19. The number of aryl methyl sites for hydroxylation is 2. The van der Waals surface area contributed by atoms with E-state index < -0.39 is 0 Å². The van der Waals surface area contributed by atoms with Crippen molar-refractivity contribution in [2.24, 2.45) is 5.92 Å². The lowest BCUT2D eigenvalue weighted by Gasteiger charge is -2.18. The van der Waals surface area contributed by atoms with Gasteiger partial charge in [0.25, 0.3) is 5.89 Å². The van der Waals surface area contributed by atoms with Crippen LogP contribution in [0, 0.1) is 19.8 Å². The van der Waals surface area contributed by atoms with Gasteiger partial charge in [0, 0.05) is 6.04 Å². The third-order valence-electron chi connectivity index (χ3n) is 3.26. The highest BCUT2D eigenvalue weighted by Crippen LogP contribution is 2.25. The summed E-state index contributed by atoms with van der Waals surface area (Å²) in [5.41, 5.74) is 0.823. The van der Waals surface area contributed by atoms with Crippen LogP contribution in [0.15, 0.2) is 14.9 Å². The molecule has 0 aromatic carbocycles. The third-order valence-corrected chi connectivity index (χ3v) is 3.26. The molecule has 0 saturated carbocycles. The van der Waals surface area contributed by atoms with Crippen molar-refractivity contribution >= 4 is 0 Å². The molecule has 0 bridgehead atoms. The molecule has 2 heterocycles. The summed E-state index contributed by atoms with van der Waals surface area (Å²) >= 11 is 0. The van der Waals surface area contributed by atoms with Gasteiger partial charge < -0.3 is 19.3 Å². The zero-order chi connectivity index (χ0) is 14.7. The predicted octanol–water partition coefficient (Wildman–Crippen LogP) is 2.05. The van der Waals surface area contributed by atoms with E-state index in [1.807, 2.05) is 33.8 Å². The van der Waals surface area contributed by atoms with Gasteiger partial charge in [0.15, 0.2) is 0 Å². The van der Waals surface area contributed by atoms with Gasteiger partial charge in [-0.25, -0.2) is 0 Å². The number of aromatic nitrogens is 2. The maximum Gasteiger partial charge on any atom is 0.251 e. The van der Waals surface area contributed by atoms with Crippen LogP contribution in [0.2, 0.25) is 0 Å². The summed E-state index contributed by atoms with van der Waals surface area (Å²) in [4.78, 5) is 0. The Balaban J connectivity index is 2.04. The molecular formula is C14H21N3O3. The molecule has 6 nitrogen and oxygen atoms in total. The van der Waals surface area contributed by atoms with Crippen molar-refractivity contribution in [1.82, 2.24) is 15.5 Å². The average Bonchev–Trinajstić information content (AvgIpc) is 2.96. The van der Waals surface area contributed by atoms with Crippen LogP contribution in [0.25, 0.3) is 11.5 Å². The van der Waals surface area contributed by atoms with Gasteiger partial charge in [0.05, 0.1) is 18.7 Å². The summed E-state index contributed by atoms with van der Waals surface area (Å²) in [5, 5.41) is 20.5. The van der Waals surface area contributed by atoms with E-state index in [-0.39, 0.29) is 12.6 Å². The number of aliphatic hydroxyl groups is 1. The highest BCUT2D eigenvalue weighted by molar-refractivity contribution is 5.55. The fourth-order valence-corrected chi connectivity index (χ4v) is 2.01. The van der Waals surface area contributed by atoms with Crippen LogP contribution >= 0.6 is 0 Å². The van der Waals surface area contributed by atoms with Crippen LogP contribution in [0.4, 0.5) is 0 Å². The Kier molecular flexibility index (Phi) is 4.57. The van der Waals surface area contributed by atoms with E-state index in [2.05, 4.69) is 15.5 Å². The van der Waals surface area contributed by atoms with Crippen LogP contribution in [0.5, 0.6) is 0 Å². The summed E-state index contributed by atoms with van der Waals surface area (Å²) in [6, 6.07) is 1.90. The Morgan fingerprint density at radius 2 is 2.00 bits per heavy atom. The first-order valence-electron chi connectivity index (χ1n) is 6.75. The summed E-state index contributed by atoms with van der Waals surface area (Å²) in [6.45, 7) is 8.36. The Labute approximate surface area is 118 Å². The smallest absolute Gasteiger partial charge is 0.251 e. The van der Waals surface area contributed by atoms with E-state index in [1.54, 1.807) is 0 Å². The summed E-state index contributed by atoms with van der Waals surface area (Å²) in [5.74, 6) is 2.87.